The minimum absolute atomic E-state index is 0.100. The van der Waals surface area contributed by atoms with E-state index in [1.54, 1.807) is 21.1 Å². The van der Waals surface area contributed by atoms with Gasteiger partial charge < -0.3 is 25.0 Å². The third kappa shape index (κ3) is 6.75. The van der Waals surface area contributed by atoms with Gasteiger partial charge in [-0.15, -0.1) is 0 Å². The lowest BCUT2D eigenvalue weighted by Gasteiger charge is -2.38. The van der Waals surface area contributed by atoms with Crippen LogP contribution < -0.4 is 20.1 Å². The number of aryl methyl sites for hydroxylation is 2. The minimum Gasteiger partial charge on any atom is -0.481 e. The summed E-state index contributed by atoms with van der Waals surface area (Å²) in [6.07, 6.45) is 5.13. The second kappa shape index (κ2) is 14.9. The Labute approximate surface area is 320 Å². The van der Waals surface area contributed by atoms with E-state index >= 15 is 0 Å². The van der Waals surface area contributed by atoms with Crippen molar-refractivity contribution in [1.29, 1.82) is 0 Å². The number of rotatable bonds is 9. The number of halogens is 2. The zero-order valence-corrected chi connectivity index (χ0v) is 31.8. The molecule has 2 aliphatic heterocycles. The summed E-state index contributed by atoms with van der Waals surface area (Å²) in [5.41, 5.74) is 9.30. The molecule has 4 heterocycles. The van der Waals surface area contributed by atoms with Gasteiger partial charge in [-0.3, -0.25) is 14.5 Å². The summed E-state index contributed by atoms with van der Waals surface area (Å²) in [6.45, 7) is 5.48. The van der Waals surface area contributed by atoms with Gasteiger partial charge in [0.2, 0.25) is 23.6 Å². The molecule has 12 heteroatoms. The normalized spacial score (nSPS) is 21.0. The lowest BCUT2D eigenvalue weighted by atomic mass is 9.97. The molecule has 4 aromatic rings. The van der Waals surface area contributed by atoms with E-state index in [1.165, 1.54) is 11.1 Å². The monoisotopic (exact) mass is 754 g/mol. The number of piperazine rings is 1. The third-order valence-electron chi connectivity index (χ3n) is 11.4. The SMILES string of the molecule is COc1nc(-c2cccc(-c3cccc(-c4cc5c(c(OC)n4)[C@@H](N4CCN(C(C)=O)CC4)CC5)c3Cl)c2Cl)cc2c1[C@H](NC[C@@H]1CCC(=O)N1)CC2. The molecule has 2 aromatic heterocycles. The smallest absolute Gasteiger partial charge is 0.220 e. The second-order valence-corrected chi connectivity index (χ2v) is 15.2. The standard InChI is InChI=1S/C41H44Cl2N6O4/c1-23(50)48-16-18-49(19-17-48)34-14-11-25-21-33(47-41(53-3)37(25)34)30-9-5-7-28(39(30)43)27-6-4-8-29(38(27)42)32-20-24-10-13-31(36(24)40(46-32)52-2)44-22-26-12-15-35(51)45-26/h4-9,20-21,26,31,34,44H,10-19,22H2,1-3H3,(H,45,51)/t26-,31+,34-/m0/s1. The molecule has 2 aliphatic carbocycles. The number of carbonyl (C=O) groups excluding carboxylic acids is 2. The number of ether oxygens (including phenoxy) is 2. The molecule has 4 aliphatic rings. The van der Waals surface area contributed by atoms with Crippen molar-refractivity contribution in [1.82, 2.24) is 30.4 Å². The van der Waals surface area contributed by atoms with Crippen molar-refractivity contribution in [2.75, 3.05) is 46.9 Å². The number of aromatic nitrogens is 2. The van der Waals surface area contributed by atoms with Crippen molar-refractivity contribution in [2.24, 2.45) is 0 Å². The van der Waals surface area contributed by atoms with E-state index in [-0.39, 0.29) is 29.9 Å². The minimum atomic E-state index is 0.100. The molecule has 2 N–H and O–H groups in total. The van der Waals surface area contributed by atoms with Crippen molar-refractivity contribution < 1.29 is 19.1 Å². The molecule has 0 unspecified atom stereocenters. The van der Waals surface area contributed by atoms with Crippen LogP contribution in [-0.2, 0) is 22.4 Å². The van der Waals surface area contributed by atoms with Crippen molar-refractivity contribution in [3.8, 4) is 45.4 Å². The summed E-state index contributed by atoms with van der Waals surface area (Å²) in [7, 11) is 3.33. The van der Waals surface area contributed by atoms with E-state index in [2.05, 4.69) is 27.7 Å². The average Bonchev–Trinajstić information content (AvgIpc) is 3.92. The molecule has 10 nitrogen and oxygen atoms in total. The molecule has 8 rings (SSSR count). The van der Waals surface area contributed by atoms with Crippen LogP contribution in [0.3, 0.4) is 0 Å². The quantitative estimate of drug-likeness (QED) is 0.192. The summed E-state index contributed by atoms with van der Waals surface area (Å²) in [5, 5.41) is 7.80. The predicted molar refractivity (Wildman–Crippen MR) is 207 cm³/mol. The first-order valence-corrected chi connectivity index (χ1v) is 19.3. The lowest BCUT2D eigenvalue weighted by molar-refractivity contribution is -0.130. The van der Waals surface area contributed by atoms with Gasteiger partial charge in [-0.05, 0) is 55.4 Å². The third-order valence-corrected chi connectivity index (χ3v) is 12.2. The van der Waals surface area contributed by atoms with E-state index in [1.807, 2.05) is 41.3 Å². The number of pyridine rings is 2. The lowest BCUT2D eigenvalue weighted by Crippen LogP contribution is -2.48. The molecule has 2 fully saturated rings. The van der Waals surface area contributed by atoms with Gasteiger partial charge in [0, 0.05) is 97.6 Å². The van der Waals surface area contributed by atoms with Gasteiger partial charge in [-0.1, -0.05) is 59.6 Å². The van der Waals surface area contributed by atoms with Crippen LogP contribution in [0.25, 0.3) is 33.6 Å². The van der Waals surface area contributed by atoms with Crippen molar-refractivity contribution in [2.45, 2.75) is 63.6 Å². The van der Waals surface area contributed by atoms with E-state index in [0.29, 0.717) is 34.8 Å². The Morgan fingerprint density at radius 3 is 1.94 bits per heavy atom. The summed E-state index contributed by atoms with van der Waals surface area (Å²) in [6, 6.07) is 16.6. The van der Waals surface area contributed by atoms with Crippen molar-refractivity contribution in [3.05, 3.63) is 80.8 Å². The highest BCUT2D eigenvalue weighted by molar-refractivity contribution is 6.39. The molecular formula is C41H44Cl2N6O4. The van der Waals surface area contributed by atoms with Gasteiger partial charge in [-0.25, -0.2) is 9.97 Å². The van der Waals surface area contributed by atoms with Gasteiger partial charge in [-0.2, -0.15) is 0 Å². The van der Waals surface area contributed by atoms with Crippen LogP contribution in [0.15, 0.2) is 48.5 Å². The molecule has 2 aromatic carbocycles. The Morgan fingerprint density at radius 2 is 1.38 bits per heavy atom. The number of hydrogen-bond donors (Lipinski definition) is 2. The molecule has 2 saturated heterocycles. The number of methoxy groups -OCH3 is 2. The zero-order valence-electron chi connectivity index (χ0n) is 30.3. The van der Waals surface area contributed by atoms with Crippen molar-refractivity contribution >= 4 is 35.0 Å². The Bertz CT molecular complexity index is 2080. The van der Waals surface area contributed by atoms with Crippen LogP contribution >= 0.6 is 23.2 Å². The first-order valence-electron chi connectivity index (χ1n) is 18.5. The van der Waals surface area contributed by atoms with Crippen LogP contribution in [0.1, 0.15) is 66.9 Å². The summed E-state index contributed by atoms with van der Waals surface area (Å²) < 4.78 is 11.8. The average molecular weight is 756 g/mol. The molecule has 0 radical (unpaired) electrons. The van der Waals surface area contributed by atoms with Gasteiger partial charge in [0.05, 0.1) is 35.7 Å². The fourth-order valence-corrected chi connectivity index (χ4v) is 9.33. The van der Waals surface area contributed by atoms with E-state index in [0.717, 1.165) is 103 Å². The fourth-order valence-electron chi connectivity index (χ4n) is 8.68. The largest absolute Gasteiger partial charge is 0.481 e. The summed E-state index contributed by atoms with van der Waals surface area (Å²) in [5.74, 6) is 1.45. The first-order chi connectivity index (χ1) is 25.7. The Balaban J connectivity index is 1.07. The second-order valence-electron chi connectivity index (χ2n) is 14.4. The first kappa shape index (κ1) is 35.8. The Morgan fingerprint density at radius 1 is 0.811 bits per heavy atom. The molecular weight excluding hydrogens is 711 g/mol. The molecule has 276 valence electrons. The maximum atomic E-state index is 11.9. The maximum absolute atomic E-state index is 11.9. The van der Waals surface area contributed by atoms with E-state index < -0.39 is 0 Å². The van der Waals surface area contributed by atoms with Crippen LogP contribution in [-0.4, -0.2) is 84.6 Å². The summed E-state index contributed by atoms with van der Waals surface area (Å²) >= 11 is 14.5. The highest BCUT2D eigenvalue weighted by atomic mass is 35.5. The van der Waals surface area contributed by atoms with E-state index in [4.69, 9.17) is 42.6 Å². The maximum Gasteiger partial charge on any atom is 0.220 e. The molecule has 2 amide bonds. The number of carbonyl (C=O) groups is 2. The van der Waals surface area contributed by atoms with Crippen molar-refractivity contribution in [3.63, 3.8) is 0 Å². The van der Waals surface area contributed by atoms with Gasteiger partial charge in [0.1, 0.15) is 0 Å². The van der Waals surface area contributed by atoms with Gasteiger partial charge >= 0.3 is 0 Å². The molecule has 0 bridgehead atoms. The number of fused-ring (bicyclic) bond motifs is 2. The van der Waals surface area contributed by atoms with Crippen LogP contribution in [0.2, 0.25) is 10.0 Å². The number of hydrogen-bond acceptors (Lipinski definition) is 8. The number of nitrogens with one attached hydrogen (secondary N) is 2. The van der Waals surface area contributed by atoms with Crippen LogP contribution in [0.4, 0.5) is 0 Å². The molecule has 3 atom stereocenters. The topological polar surface area (TPSA) is 109 Å². The van der Waals surface area contributed by atoms with Gasteiger partial charge in [0.15, 0.2) is 0 Å². The molecule has 0 saturated carbocycles. The van der Waals surface area contributed by atoms with Gasteiger partial charge in [0.25, 0.3) is 0 Å². The molecule has 0 spiro atoms. The number of nitrogens with zero attached hydrogens (tertiary/aromatic N) is 4. The molecule has 53 heavy (non-hydrogen) atoms. The van der Waals surface area contributed by atoms with Crippen LogP contribution in [0.5, 0.6) is 11.8 Å². The highest BCUT2D eigenvalue weighted by Crippen LogP contribution is 2.47. The highest BCUT2D eigenvalue weighted by Gasteiger charge is 2.35. The Hall–Kier alpha value is -4.22. The van der Waals surface area contributed by atoms with E-state index in [9.17, 15) is 9.59 Å². The summed E-state index contributed by atoms with van der Waals surface area (Å²) in [4.78, 5) is 38.0. The number of benzene rings is 2. The number of amides is 2. The van der Waals surface area contributed by atoms with Crippen LogP contribution in [0, 0.1) is 0 Å². The zero-order chi connectivity index (χ0) is 36.8. The Kier molecular flexibility index (Phi) is 10.1. The fraction of sp³-hybridized carbons (Fsp3) is 0.415. The predicted octanol–water partition coefficient (Wildman–Crippen LogP) is 6.81.